The molecule has 1 amide bonds. The Labute approximate surface area is 157 Å². The first kappa shape index (κ1) is 20.2. The van der Waals surface area contributed by atoms with Crippen molar-refractivity contribution in [1.82, 2.24) is 20.5 Å². The molecule has 0 spiro atoms. The van der Waals surface area contributed by atoms with Crippen LogP contribution >= 0.6 is 0 Å². The highest BCUT2D eigenvalue weighted by molar-refractivity contribution is 5.67. The Bertz CT molecular complexity index is 639. The number of aryl methyl sites for hydroxylation is 1. The average molecular weight is 361 g/mol. The number of piperidine rings is 1. The summed E-state index contributed by atoms with van der Waals surface area (Å²) in [4.78, 5) is 18.7. The van der Waals surface area contributed by atoms with Crippen LogP contribution in [0.1, 0.15) is 57.3 Å². The van der Waals surface area contributed by atoms with E-state index in [9.17, 15) is 4.79 Å². The standard InChI is InChI=1S/C20H32N4O2/c1-14-9-8-12-21-18(14)17-11-7-10-16(24(17)6)15(2)22-13-23-19(25)26-20(3,4)5/h8-9,12,16-17,22H,2,7,10-11,13H2,1,3-6H3,(H,23,25)/t16-,17+/m1/s1. The molecule has 26 heavy (non-hydrogen) atoms. The molecule has 2 atom stereocenters. The fourth-order valence-electron chi connectivity index (χ4n) is 3.39. The van der Waals surface area contributed by atoms with Crippen LogP contribution in [0.15, 0.2) is 30.6 Å². The number of hydrogen-bond donors (Lipinski definition) is 2. The number of carbonyl (C=O) groups excluding carboxylic acids is 1. The zero-order valence-corrected chi connectivity index (χ0v) is 16.6. The van der Waals surface area contributed by atoms with E-state index in [1.54, 1.807) is 0 Å². The first-order valence-corrected chi connectivity index (χ1v) is 9.22. The predicted octanol–water partition coefficient (Wildman–Crippen LogP) is 3.50. The van der Waals surface area contributed by atoms with Gasteiger partial charge < -0.3 is 15.4 Å². The van der Waals surface area contributed by atoms with Gasteiger partial charge in [-0.2, -0.15) is 0 Å². The van der Waals surface area contributed by atoms with Gasteiger partial charge in [-0.15, -0.1) is 0 Å². The van der Waals surface area contributed by atoms with Gasteiger partial charge >= 0.3 is 6.09 Å². The van der Waals surface area contributed by atoms with Crippen LogP contribution in [0, 0.1) is 6.92 Å². The molecule has 0 bridgehead atoms. The van der Waals surface area contributed by atoms with Crippen LogP contribution in [0.3, 0.4) is 0 Å². The maximum atomic E-state index is 11.7. The highest BCUT2D eigenvalue weighted by Gasteiger charge is 2.31. The number of amides is 1. The zero-order chi connectivity index (χ0) is 19.3. The first-order valence-electron chi connectivity index (χ1n) is 9.22. The number of carbonyl (C=O) groups is 1. The Morgan fingerprint density at radius 1 is 1.38 bits per heavy atom. The van der Waals surface area contributed by atoms with E-state index in [1.165, 1.54) is 5.56 Å². The van der Waals surface area contributed by atoms with Gasteiger partial charge in [0, 0.05) is 17.9 Å². The van der Waals surface area contributed by atoms with E-state index in [0.29, 0.717) is 6.67 Å². The molecule has 1 aliphatic rings. The fourth-order valence-corrected chi connectivity index (χ4v) is 3.39. The van der Waals surface area contributed by atoms with Gasteiger partial charge in [-0.3, -0.25) is 9.88 Å². The molecule has 144 valence electrons. The lowest BCUT2D eigenvalue weighted by Crippen LogP contribution is -2.45. The van der Waals surface area contributed by atoms with Crippen molar-refractivity contribution in [3.8, 4) is 0 Å². The molecule has 6 nitrogen and oxygen atoms in total. The van der Waals surface area contributed by atoms with Crippen LogP contribution in [0.2, 0.25) is 0 Å². The number of rotatable bonds is 5. The van der Waals surface area contributed by atoms with Crippen molar-refractivity contribution in [1.29, 1.82) is 0 Å². The highest BCUT2D eigenvalue weighted by atomic mass is 16.6. The Morgan fingerprint density at radius 2 is 2.12 bits per heavy atom. The molecule has 2 N–H and O–H groups in total. The van der Waals surface area contributed by atoms with Crippen molar-refractivity contribution < 1.29 is 9.53 Å². The molecule has 1 aliphatic heterocycles. The van der Waals surface area contributed by atoms with E-state index in [4.69, 9.17) is 4.74 Å². The minimum atomic E-state index is -0.502. The molecule has 0 unspecified atom stereocenters. The predicted molar refractivity (Wildman–Crippen MR) is 104 cm³/mol. The minimum Gasteiger partial charge on any atom is -0.444 e. The van der Waals surface area contributed by atoms with Gasteiger partial charge in [-0.25, -0.2) is 4.79 Å². The third-order valence-corrected chi connectivity index (χ3v) is 4.65. The number of likely N-dealkylation sites (N-methyl/N-ethyl adjacent to an activating group) is 1. The van der Waals surface area contributed by atoms with Gasteiger partial charge in [0.05, 0.1) is 18.4 Å². The number of pyridine rings is 1. The Balaban J connectivity index is 1.90. The van der Waals surface area contributed by atoms with E-state index in [0.717, 1.165) is 30.7 Å². The van der Waals surface area contributed by atoms with Crippen LogP contribution in [0.25, 0.3) is 0 Å². The van der Waals surface area contributed by atoms with Gasteiger partial charge in [-0.1, -0.05) is 12.6 Å². The maximum absolute atomic E-state index is 11.7. The lowest BCUT2D eigenvalue weighted by molar-refractivity contribution is 0.0523. The average Bonchev–Trinajstić information content (AvgIpc) is 2.54. The van der Waals surface area contributed by atoms with Crippen molar-refractivity contribution in [2.75, 3.05) is 13.7 Å². The van der Waals surface area contributed by atoms with E-state index in [2.05, 4.69) is 47.1 Å². The molecule has 0 saturated carbocycles. The molecule has 1 saturated heterocycles. The van der Waals surface area contributed by atoms with Crippen molar-refractivity contribution in [2.24, 2.45) is 0 Å². The maximum Gasteiger partial charge on any atom is 0.409 e. The molecular weight excluding hydrogens is 328 g/mol. The number of hydrogen-bond acceptors (Lipinski definition) is 5. The number of aromatic nitrogens is 1. The molecule has 1 aromatic rings. The Hall–Kier alpha value is -2.08. The number of ether oxygens (including phenoxy) is 1. The molecule has 0 aromatic carbocycles. The normalized spacial score (nSPS) is 21.1. The van der Waals surface area contributed by atoms with E-state index >= 15 is 0 Å². The second-order valence-electron chi connectivity index (χ2n) is 7.89. The summed E-state index contributed by atoms with van der Waals surface area (Å²) in [5.74, 6) is 0. The summed E-state index contributed by atoms with van der Waals surface area (Å²) in [5.41, 5.74) is 2.76. The topological polar surface area (TPSA) is 66.5 Å². The molecule has 1 fully saturated rings. The van der Waals surface area contributed by atoms with Crippen molar-refractivity contribution in [3.63, 3.8) is 0 Å². The molecule has 2 heterocycles. The lowest BCUT2D eigenvalue weighted by Gasteiger charge is -2.40. The van der Waals surface area contributed by atoms with Crippen LogP contribution in [-0.2, 0) is 4.74 Å². The number of likely N-dealkylation sites (tertiary alicyclic amines) is 1. The summed E-state index contributed by atoms with van der Waals surface area (Å²) in [6, 6.07) is 4.57. The van der Waals surface area contributed by atoms with Gasteiger partial charge in [0.2, 0.25) is 0 Å². The minimum absolute atomic E-state index is 0.204. The lowest BCUT2D eigenvalue weighted by atomic mass is 9.91. The Morgan fingerprint density at radius 3 is 2.77 bits per heavy atom. The van der Waals surface area contributed by atoms with Crippen molar-refractivity contribution in [3.05, 3.63) is 41.9 Å². The number of nitrogens with zero attached hydrogens (tertiary/aromatic N) is 2. The molecule has 1 aromatic heterocycles. The van der Waals surface area contributed by atoms with Crippen LogP contribution in [0.4, 0.5) is 4.79 Å². The monoisotopic (exact) mass is 360 g/mol. The SMILES string of the molecule is C=C(NCNC(=O)OC(C)(C)C)[C@H]1CCC[C@@H](c2ncccc2C)N1C. The number of alkyl carbamates (subject to hydrolysis) is 1. The Kier molecular flexibility index (Phi) is 6.64. The van der Waals surface area contributed by atoms with Crippen LogP contribution in [0.5, 0.6) is 0 Å². The molecule has 2 rings (SSSR count). The van der Waals surface area contributed by atoms with Crippen LogP contribution < -0.4 is 10.6 Å². The summed E-state index contributed by atoms with van der Waals surface area (Å²) in [6.07, 6.45) is 4.68. The fraction of sp³-hybridized carbons (Fsp3) is 0.600. The second-order valence-corrected chi connectivity index (χ2v) is 7.89. The molecule has 6 heteroatoms. The van der Waals surface area contributed by atoms with E-state index in [1.807, 2.05) is 33.0 Å². The zero-order valence-electron chi connectivity index (χ0n) is 16.6. The van der Waals surface area contributed by atoms with Gasteiger partial charge in [0.1, 0.15) is 5.60 Å². The summed E-state index contributed by atoms with van der Waals surface area (Å²) >= 11 is 0. The van der Waals surface area contributed by atoms with Gasteiger partial charge in [0.15, 0.2) is 0 Å². The highest BCUT2D eigenvalue weighted by Crippen LogP contribution is 2.34. The van der Waals surface area contributed by atoms with Crippen molar-refractivity contribution >= 4 is 6.09 Å². The molecule has 0 aliphatic carbocycles. The van der Waals surface area contributed by atoms with Crippen molar-refractivity contribution in [2.45, 2.75) is 64.6 Å². The smallest absolute Gasteiger partial charge is 0.409 e. The van der Waals surface area contributed by atoms with E-state index in [-0.39, 0.29) is 12.1 Å². The third-order valence-electron chi connectivity index (χ3n) is 4.65. The van der Waals surface area contributed by atoms with Gasteiger partial charge in [-0.05, 0) is 65.6 Å². The molecule has 0 radical (unpaired) electrons. The molecular formula is C20H32N4O2. The van der Waals surface area contributed by atoms with Gasteiger partial charge in [0.25, 0.3) is 0 Å². The number of nitrogens with one attached hydrogen (secondary N) is 2. The summed E-state index contributed by atoms with van der Waals surface area (Å²) < 4.78 is 5.24. The van der Waals surface area contributed by atoms with E-state index < -0.39 is 11.7 Å². The second kappa shape index (κ2) is 8.54. The first-order chi connectivity index (χ1) is 12.2. The summed E-state index contributed by atoms with van der Waals surface area (Å²) in [6.45, 7) is 12.1. The largest absolute Gasteiger partial charge is 0.444 e. The summed E-state index contributed by atoms with van der Waals surface area (Å²) in [5, 5.41) is 5.93. The summed E-state index contributed by atoms with van der Waals surface area (Å²) in [7, 11) is 2.12. The van der Waals surface area contributed by atoms with Crippen LogP contribution in [-0.4, -0.2) is 41.3 Å². The third kappa shape index (κ3) is 5.46. The quantitative estimate of drug-likeness (QED) is 0.787.